The first kappa shape index (κ1) is 17.6. The third-order valence-corrected chi connectivity index (χ3v) is 4.38. The zero-order chi connectivity index (χ0) is 18.7. The van der Waals surface area contributed by atoms with Crippen LogP contribution in [0.3, 0.4) is 0 Å². The molecular formula is C19H18N2O5. The standard InChI is InChI=1S/C19H18N2O5/c1-2-13-3-5-15(6-4-13)20-12-14(11-18(20)22)19(23)26-17-9-7-16(8-10-17)21(24)25/h3-10,14H,2,11-12H2,1H3. The fraction of sp³-hybridized carbons (Fsp3) is 0.263. The van der Waals surface area contributed by atoms with Gasteiger partial charge in [0.25, 0.3) is 5.69 Å². The first-order chi connectivity index (χ1) is 12.5. The summed E-state index contributed by atoms with van der Waals surface area (Å²) >= 11 is 0. The Hall–Kier alpha value is -3.22. The summed E-state index contributed by atoms with van der Waals surface area (Å²) in [6, 6.07) is 13.0. The number of hydrogen-bond acceptors (Lipinski definition) is 5. The number of aryl methyl sites for hydroxylation is 1. The van der Waals surface area contributed by atoms with E-state index in [1.165, 1.54) is 29.8 Å². The van der Waals surface area contributed by atoms with Gasteiger partial charge in [-0.05, 0) is 36.2 Å². The maximum atomic E-state index is 12.3. The molecule has 0 bridgehead atoms. The zero-order valence-corrected chi connectivity index (χ0v) is 14.3. The van der Waals surface area contributed by atoms with E-state index in [1.807, 2.05) is 24.3 Å². The summed E-state index contributed by atoms with van der Waals surface area (Å²) in [7, 11) is 0. The first-order valence-electron chi connectivity index (χ1n) is 8.33. The molecule has 1 heterocycles. The van der Waals surface area contributed by atoms with Crippen LogP contribution in [0.4, 0.5) is 11.4 Å². The molecule has 0 aliphatic carbocycles. The molecule has 1 aliphatic heterocycles. The van der Waals surface area contributed by atoms with Crippen LogP contribution in [0.2, 0.25) is 0 Å². The number of ether oxygens (including phenoxy) is 1. The Morgan fingerprint density at radius 1 is 1.19 bits per heavy atom. The highest BCUT2D eigenvalue weighted by atomic mass is 16.6. The highest BCUT2D eigenvalue weighted by molar-refractivity contribution is 5.99. The van der Waals surface area contributed by atoms with Gasteiger partial charge in [0.15, 0.2) is 0 Å². The van der Waals surface area contributed by atoms with Gasteiger partial charge in [0.1, 0.15) is 5.75 Å². The second-order valence-corrected chi connectivity index (χ2v) is 6.10. The molecule has 7 heteroatoms. The Morgan fingerprint density at radius 3 is 2.42 bits per heavy atom. The molecule has 1 atom stereocenters. The van der Waals surface area contributed by atoms with Crippen LogP contribution in [0.5, 0.6) is 5.75 Å². The number of benzene rings is 2. The van der Waals surface area contributed by atoms with E-state index in [9.17, 15) is 19.7 Å². The molecular weight excluding hydrogens is 336 g/mol. The molecule has 1 saturated heterocycles. The molecule has 3 rings (SSSR count). The van der Waals surface area contributed by atoms with Crippen LogP contribution in [0.1, 0.15) is 18.9 Å². The molecule has 1 fully saturated rings. The molecule has 7 nitrogen and oxygen atoms in total. The van der Waals surface area contributed by atoms with Gasteiger partial charge >= 0.3 is 5.97 Å². The number of nitro groups is 1. The third kappa shape index (κ3) is 3.72. The second kappa shape index (κ2) is 7.35. The van der Waals surface area contributed by atoms with E-state index in [0.29, 0.717) is 0 Å². The summed E-state index contributed by atoms with van der Waals surface area (Å²) in [5, 5.41) is 10.6. The van der Waals surface area contributed by atoms with E-state index in [0.717, 1.165) is 12.1 Å². The van der Waals surface area contributed by atoms with Crippen molar-refractivity contribution in [3.63, 3.8) is 0 Å². The lowest BCUT2D eigenvalue weighted by Crippen LogP contribution is -2.27. The van der Waals surface area contributed by atoms with E-state index in [1.54, 1.807) is 4.90 Å². The predicted molar refractivity (Wildman–Crippen MR) is 95.0 cm³/mol. The fourth-order valence-corrected chi connectivity index (χ4v) is 2.86. The molecule has 0 saturated carbocycles. The molecule has 1 unspecified atom stereocenters. The van der Waals surface area contributed by atoms with Crippen molar-refractivity contribution >= 4 is 23.3 Å². The molecule has 26 heavy (non-hydrogen) atoms. The van der Waals surface area contributed by atoms with Crippen LogP contribution >= 0.6 is 0 Å². The average Bonchev–Trinajstić information content (AvgIpc) is 3.04. The Bertz CT molecular complexity index is 830. The predicted octanol–water partition coefficient (Wildman–Crippen LogP) is 3.12. The first-order valence-corrected chi connectivity index (χ1v) is 8.33. The molecule has 2 aromatic rings. The van der Waals surface area contributed by atoms with Gasteiger partial charge in [-0.1, -0.05) is 19.1 Å². The Balaban J connectivity index is 1.65. The van der Waals surface area contributed by atoms with E-state index >= 15 is 0 Å². The minimum Gasteiger partial charge on any atom is -0.426 e. The monoisotopic (exact) mass is 354 g/mol. The van der Waals surface area contributed by atoms with Crippen molar-refractivity contribution in [1.82, 2.24) is 0 Å². The molecule has 1 amide bonds. The maximum absolute atomic E-state index is 12.3. The van der Waals surface area contributed by atoms with Crippen molar-refractivity contribution in [3.8, 4) is 5.75 Å². The van der Waals surface area contributed by atoms with Crippen molar-refractivity contribution in [2.75, 3.05) is 11.4 Å². The molecule has 134 valence electrons. The number of nitro benzene ring substituents is 1. The number of nitrogens with zero attached hydrogens (tertiary/aromatic N) is 2. The molecule has 1 aliphatic rings. The van der Waals surface area contributed by atoms with Crippen LogP contribution in [0.15, 0.2) is 48.5 Å². The summed E-state index contributed by atoms with van der Waals surface area (Å²) in [5.41, 5.74) is 1.86. The molecule has 0 radical (unpaired) electrons. The number of esters is 1. The van der Waals surface area contributed by atoms with Gasteiger partial charge in [-0.3, -0.25) is 19.7 Å². The van der Waals surface area contributed by atoms with E-state index < -0.39 is 16.8 Å². The smallest absolute Gasteiger partial charge is 0.316 e. The lowest BCUT2D eigenvalue weighted by atomic mass is 10.1. The third-order valence-electron chi connectivity index (χ3n) is 4.38. The van der Waals surface area contributed by atoms with Crippen molar-refractivity contribution in [3.05, 3.63) is 64.2 Å². The minimum absolute atomic E-state index is 0.0810. The van der Waals surface area contributed by atoms with E-state index in [-0.39, 0.29) is 30.3 Å². The summed E-state index contributed by atoms with van der Waals surface area (Å²) in [6.07, 6.45) is 1.000. The summed E-state index contributed by atoms with van der Waals surface area (Å²) in [4.78, 5) is 36.3. The normalized spacial score (nSPS) is 16.6. The number of anilines is 1. The van der Waals surface area contributed by atoms with Crippen molar-refractivity contribution in [1.29, 1.82) is 0 Å². The summed E-state index contributed by atoms with van der Waals surface area (Å²) in [6.45, 7) is 2.32. The van der Waals surface area contributed by atoms with E-state index in [2.05, 4.69) is 6.92 Å². The maximum Gasteiger partial charge on any atom is 0.316 e. The van der Waals surface area contributed by atoms with Gasteiger partial charge in [-0.25, -0.2) is 0 Å². The topological polar surface area (TPSA) is 89.8 Å². The number of non-ortho nitro benzene ring substituents is 1. The highest BCUT2D eigenvalue weighted by Crippen LogP contribution is 2.27. The number of hydrogen-bond donors (Lipinski definition) is 0. The molecule has 0 aromatic heterocycles. The SMILES string of the molecule is CCc1ccc(N2CC(C(=O)Oc3ccc([N+](=O)[O-])cc3)CC2=O)cc1. The second-order valence-electron chi connectivity index (χ2n) is 6.10. The van der Waals surface area contributed by atoms with Crippen LogP contribution in [-0.2, 0) is 16.0 Å². The van der Waals surface area contributed by atoms with Crippen LogP contribution in [-0.4, -0.2) is 23.3 Å². The van der Waals surface area contributed by atoms with Gasteiger partial charge < -0.3 is 9.64 Å². The van der Waals surface area contributed by atoms with Crippen molar-refractivity contribution in [2.45, 2.75) is 19.8 Å². The van der Waals surface area contributed by atoms with Crippen molar-refractivity contribution in [2.24, 2.45) is 5.92 Å². The van der Waals surface area contributed by atoms with Crippen LogP contribution < -0.4 is 9.64 Å². The number of carbonyl (C=O) groups is 2. The van der Waals surface area contributed by atoms with Gasteiger partial charge in [0.2, 0.25) is 5.91 Å². The number of carbonyl (C=O) groups excluding carboxylic acids is 2. The highest BCUT2D eigenvalue weighted by Gasteiger charge is 2.36. The van der Waals surface area contributed by atoms with Crippen LogP contribution in [0, 0.1) is 16.0 Å². The molecule has 0 spiro atoms. The lowest BCUT2D eigenvalue weighted by molar-refractivity contribution is -0.384. The van der Waals surface area contributed by atoms with E-state index in [4.69, 9.17) is 4.74 Å². The summed E-state index contributed by atoms with van der Waals surface area (Å²) < 4.78 is 5.26. The van der Waals surface area contributed by atoms with Crippen LogP contribution in [0.25, 0.3) is 0 Å². The van der Waals surface area contributed by atoms with Gasteiger partial charge in [0.05, 0.1) is 10.8 Å². The zero-order valence-electron chi connectivity index (χ0n) is 14.3. The lowest BCUT2D eigenvalue weighted by Gasteiger charge is -2.17. The quantitative estimate of drug-likeness (QED) is 0.356. The van der Waals surface area contributed by atoms with Crippen molar-refractivity contribution < 1.29 is 19.2 Å². The number of amides is 1. The fourth-order valence-electron chi connectivity index (χ4n) is 2.86. The molecule has 2 aromatic carbocycles. The van der Waals surface area contributed by atoms with Gasteiger partial charge in [-0.2, -0.15) is 0 Å². The van der Waals surface area contributed by atoms with Gasteiger partial charge in [-0.15, -0.1) is 0 Å². The largest absolute Gasteiger partial charge is 0.426 e. The Labute approximate surface area is 150 Å². The Kier molecular flexibility index (Phi) is 4.97. The number of rotatable bonds is 5. The average molecular weight is 354 g/mol. The molecule has 0 N–H and O–H groups in total. The Morgan fingerprint density at radius 2 is 1.85 bits per heavy atom. The summed E-state index contributed by atoms with van der Waals surface area (Å²) in [5.74, 6) is -0.984. The van der Waals surface area contributed by atoms with Gasteiger partial charge in [0, 0.05) is 30.8 Å². The minimum atomic E-state index is -0.566.